The Balaban J connectivity index is 1.58. The highest BCUT2D eigenvalue weighted by Crippen LogP contribution is 2.45. The van der Waals surface area contributed by atoms with Crippen LogP contribution in [0.3, 0.4) is 0 Å². The Morgan fingerprint density at radius 1 is 1.12 bits per heavy atom. The molecule has 5 nitrogen and oxygen atoms in total. The summed E-state index contributed by atoms with van der Waals surface area (Å²) in [6.07, 6.45) is 4.37. The molecule has 2 aromatic heterocycles. The van der Waals surface area contributed by atoms with Gasteiger partial charge in [-0.15, -0.1) is 11.3 Å². The minimum absolute atomic E-state index is 0.0573. The molecular formula is C19H18N2O3S2. The number of ether oxygens (including phenoxy) is 2. The zero-order valence-corrected chi connectivity index (χ0v) is 15.8. The Morgan fingerprint density at radius 3 is 2.69 bits per heavy atom. The summed E-state index contributed by atoms with van der Waals surface area (Å²) < 4.78 is 11.9. The maximum atomic E-state index is 12.8. The highest BCUT2D eigenvalue weighted by molar-refractivity contribution is 7.99. The van der Waals surface area contributed by atoms with Crippen LogP contribution in [0.1, 0.15) is 28.8 Å². The Kier molecular flexibility index (Phi) is 4.12. The number of nitrogens with zero attached hydrogens (tertiary/aromatic N) is 1. The summed E-state index contributed by atoms with van der Waals surface area (Å²) in [5.41, 5.74) is 2.06. The molecule has 1 N–H and O–H groups in total. The lowest BCUT2D eigenvalue weighted by Crippen LogP contribution is -2.24. The molecule has 1 saturated heterocycles. The smallest absolute Gasteiger partial charge is 0.260 e. The van der Waals surface area contributed by atoms with Gasteiger partial charge in [-0.05, 0) is 43.0 Å². The Bertz CT molecular complexity index is 1010. The van der Waals surface area contributed by atoms with E-state index in [0.29, 0.717) is 18.4 Å². The summed E-state index contributed by atoms with van der Waals surface area (Å²) in [4.78, 5) is 22.6. The molecule has 26 heavy (non-hydrogen) atoms. The van der Waals surface area contributed by atoms with Crippen LogP contribution in [-0.4, -0.2) is 23.2 Å². The molecule has 0 amide bonds. The Labute approximate surface area is 158 Å². The van der Waals surface area contributed by atoms with Crippen LogP contribution in [0.25, 0.3) is 10.2 Å². The molecule has 1 aromatic carbocycles. The monoisotopic (exact) mass is 386 g/mol. The number of aromatic amines is 1. The van der Waals surface area contributed by atoms with Crippen LogP contribution in [0.2, 0.25) is 0 Å². The van der Waals surface area contributed by atoms with Crippen LogP contribution < -0.4 is 5.56 Å². The third-order valence-electron chi connectivity index (χ3n) is 4.83. The van der Waals surface area contributed by atoms with Gasteiger partial charge in [0.2, 0.25) is 0 Å². The van der Waals surface area contributed by atoms with E-state index >= 15 is 0 Å². The molecule has 1 aliphatic heterocycles. The van der Waals surface area contributed by atoms with Crippen LogP contribution in [-0.2, 0) is 27.4 Å². The van der Waals surface area contributed by atoms with Crippen LogP contribution in [0.4, 0.5) is 0 Å². The molecule has 0 atom stereocenters. The molecule has 5 rings (SSSR count). The van der Waals surface area contributed by atoms with Gasteiger partial charge in [0.25, 0.3) is 10.7 Å². The first kappa shape index (κ1) is 16.5. The van der Waals surface area contributed by atoms with E-state index in [2.05, 4.69) is 4.98 Å². The van der Waals surface area contributed by atoms with Crippen LogP contribution >= 0.6 is 23.1 Å². The van der Waals surface area contributed by atoms with Crippen molar-refractivity contribution in [3.63, 3.8) is 0 Å². The zero-order chi connectivity index (χ0) is 17.6. The van der Waals surface area contributed by atoms with Crippen LogP contribution in [0, 0.1) is 0 Å². The van der Waals surface area contributed by atoms with Crippen molar-refractivity contribution in [3.8, 4) is 0 Å². The lowest BCUT2D eigenvalue weighted by molar-refractivity contribution is -0.0817. The van der Waals surface area contributed by atoms with Gasteiger partial charge in [-0.3, -0.25) is 4.79 Å². The maximum Gasteiger partial charge on any atom is 0.260 e. The summed E-state index contributed by atoms with van der Waals surface area (Å²) in [7, 11) is 0. The zero-order valence-electron chi connectivity index (χ0n) is 14.1. The molecule has 2 aliphatic rings. The van der Waals surface area contributed by atoms with Crippen molar-refractivity contribution < 1.29 is 9.47 Å². The standard InChI is InChI=1S/C19H18N2O3S2/c22-16-15-13-8-4-5-9-14(13)25-17(15)21-18(20-16)26-19(23-10-11-24-19)12-6-2-1-3-7-12/h1-3,6-7H,4-5,8-11H2,(H,20,21,22). The van der Waals surface area contributed by atoms with Crippen molar-refractivity contribution in [2.24, 2.45) is 0 Å². The fraction of sp³-hybridized carbons (Fsp3) is 0.368. The van der Waals surface area contributed by atoms with E-state index in [-0.39, 0.29) is 5.56 Å². The van der Waals surface area contributed by atoms with Crippen molar-refractivity contribution in [2.45, 2.75) is 36.0 Å². The first-order valence-corrected chi connectivity index (χ1v) is 10.5. The topological polar surface area (TPSA) is 64.2 Å². The molecular weight excluding hydrogens is 368 g/mol. The number of nitrogens with one attached hydrogen (secondary N) is 1. The number of benzene rings is 1. The van der Waals surface area contributed by atoms with Crippen molar-refractivity contribution in [2.75, 3.05) is 13.2 Å². The maximum absolute atomic E-state index is 12.8. The van der Waals surface area contributed by atoms with Crippen molar-refractivity contribution >= 4 is 33.3 Å². The van der Waals surface area contributed by atoms with Gasteiger partial charge in [-0.25, -0.2) is 4.98 Å². The molecule has 7 heteroatoms. The largest absolute Gasteiger partial charge is 0.335 e. The first-order chi connectivity index (χ1) is 12.8. The van der Waals surface area contributed by atoms with E-state index in [1.54, 1.807) is 11.3 Å². The molecule has 0 radical (unpaired) electrons. The SMILES string of the molecule is O=c1[nH]c(SC2(c3ccccc3)OCCO2)nc2sc3c(c12)CCCC3. The van der Waals surface area contributed by atoms with Gasteiger partial charge >= 0.3 is 0 Å². The molecule has 3 heterocycles. The van der Waals surface area contributed by atoms with E-state index in [0.717, 1.165) is 35.0 Å². The summed E-state index contributed by atoms with van der Waals surface area (Å²) in [6.45, 7) is 1.03. The lowest BCUT2D eigenvalue weighted by atomic mass is 9.97. The quantitative estimate of drug-likeness (QED) is 0.694. The number of hydrogen-bond acceptors (Lipinski definition) is 6. The number of thiophene rings is 1. The molecule has 0 unspecified atom stereocenters. The van der Waals surface area contributed by atoms with E-state index in [4.69, 9.17) is 14.5 Å². The molecule has 0 bridgehead atoms. The predicted octanol–water partition coefficient (Wildman–Crippen LogP) is 3.81. The minimum atomic E-state index is -0.957. The number of H-pyrrole nitrogens is 1. The number of aryl methyl sites for hydroxylation is 2. The lowest BCUT2D eigenvalue weighted by Gasteiger charge is -2.26. The van der Waals surface area contributed by atoms with Crippen LogP contribution in [0.5, 0.6) is 0 Å². The number of rotatable bonds is 3. The van der Waals surface area contributed by atoms with Gasteiger partial charge in [0.15, 0.2) is 5.16 Å². The average molecular weight is 386 g/mol. The Morgan fingerprint density at radius 2 is 1.88 bits per heavy atom. The van der Waals surface area contributed by atoms with Gasteiger partial charge in [-0.2, -0.15) is 0 Å². The van der Waals surface area contributed by atoms with Crippen molar-refractivity contribution in [3.05, 3.63) is 56.7 Å². The van der Waals surface area contributed by atoms with E-state index < -0.39 is 5.12 Å². The van der Waals surface area contributed by atoms with Gasteiger partial charge in [-0.1, -0.05) is 30.3 Å². The molecule has 1 fully saturated rings. The summed E-state index contributed by atoms with van der Waals surface area (Å²) in [6, 6.07) is 9.81. The number of thioether (sulfide) groups is 1. The van der Waals surface area contributed by atoms with E-state index in [1.807, 2.05) is 30.3 Å². The van der Waals surface area contributed by atoms with Crippen LogP contribution in [0.15, 0.2) is 40.3 Å². The molecule has 0 saturated carbocycles. The van der Waals surface area contributed by atoms with Crippen molar-refractivity contribution in [1.29, 1.82) is 0 Å². The number of fused-ring (bicyclic) bond motifs is 3. The summed E-state index contributed by atoms with van der Waals surface area (Å²) >= 11 is 2.98. The third kappa shape index (κ3) is 2.70. The molecule has 3 aromatic rings. The fourth-order valence-electron chi connectivity index (χ4n) is 3.64. The average Bonchev–Trinajstić information content (AvgIpc) is 3.27. The van der Waals surface area contributed by atoms with Gasteiger partial charge in [0.1, 0.15) is 4.83 Å². The molecule has 1 aliphatic carbocycles. The second-order valence-electron chi connectivity index (χ2n) is 6.48. The molecule has 134 valence electrons. The highest BCUT2D eigenvalue weighted by Gasteiger charge is 2.41. The van der Waals surface area contributed by atoms with Gasteiger partial charge in [0.05, 0.1) is 18.6 Å². The number of aromatic nitrogens is 2. The predicted molar refractivity (Wildman–Crippen MR) is 103 cm³/mol. The normalized spacial score (nSPS) is 18.9. The number of hydrogen-bond donors (Lipinski definition) is 1. The summed E-state index contributed by atoms with van der Waals surface area (Å²) in [5.74, 6) is 0. The fourth-order valence-corrected chi connectivity index (χ4v) is 6.03. The van der Waals surface area contributed by atoms with Crippen molar-refractivity contribution in [1.82, 2.24) is 9.97 Å². The van der Waals surface area contributed by atoms with Gasteiger partial charge < -0.3 is 14.5 Å². The summed E-state index contributed by atoms with van der Waals surface area (Å²) in [5, 5.41) is 0.352. The first-order valence-electron chi connectivity index (χ1n) is 8.82. The second-order valence-corrected chi connectivity index (χ2v) is 8.70. The third-order valence-corrected chi connectivity index (χ3v) is 7.14. The Hall–Kier alpha value is -1.67. The molecule has 0 spiro atoms. The van der Waals surface area contributed by atoms with E-state index in [1.165, 1.54) is 28.6 Å². The van der Waals surface area contributed by atoms with E-state index in [9.17, 15) is 4.79 Å². The minimum Gasteiger partial charge on any atom is -0.335 e. The highest BCUT2D eigenvalue weighted by atomic mass is 32.2. The van der Waals surface area contributed by atoms with Gasteiger partial charge in [0, 0.05) is 10.4 Å². The second kappa shape index (κ2) is 6.49.